The fourth-order valence-electron chi connectivity index (χ4n) is 2.36. The number of methoxy groups -OCH3 is 1. The van der Waals surface area contributed by atoms with E-state index >= 15 is 0 Å². The first-order valence-corrected chi connectivity index (χ1v) is 7.49. The van der Waals surface area contributed by atoms with Crippen molar-refractivity contribution in [2.75, 3.05) is 40.0 Å². The third-order valence-electron chi connectivity index (χ3n) is 3.53. The van der Waals surface area contributed by atoms with Gasteiger partial charge in [0, 0.05) is 33.3 Å². The van der Waals surface area contributed by atoms with E-state index in [2.05, 4.69) is 5.32 Å². The molecule has 0 aliphatic carbocycles. The van der Waals surface area contributed by atoms with Crippen LogP contribution in [0.5, 0.6) is 5.75 Å². The number of likely N-dealkylation sites (tertiary alicyclic amines) is 1. The van der Waals surface area contributed by atoms with Crippen LogP contribution in [-0.4, -0.2) is 50.8 Å². The summed E-state index contributed by atoms with van der Waals surface area (Å²) in [6.45, 7) is 4.13. The van der Waals surface area contributed by atoms with Crippen LogP contribution in [0.1, 0.15) is 18.4 Å². The molecule has 1 aromatic carbocycles. The summed E-state index contributed by atoms with van der Waals surface area (Å²) in [7, 11) is 1.69. The number of carbonyl (C=O) groups excluding carboxylic acids is 1. The first-order chi connectivity index (χ1) is 10.3. The minimum Gasteiger partial charge on any atom is -0.484 e. The molecule has 1 fully saturated rings. The lowest BCUT2D eigenvalue weighted by molar-refractivity contribution is -0.132. The molecule has 2 rings (SSSR count). The lowest BCUT2D eigenvalue weighted by Gasteiger charge is -2.15. The molecule has 0 spiro atoms. The van der Waals surface area contributed by atoms with Crippen molar-refractivity contribution in [3.8, 4) is 5.75 Å². The predicted molar refractivity (Wildman–Crippen MR) is 81.3 cm³/mol. The van der Waals surface area contributed by atoms with Crippen molar-refractivity contribution in [1.29, 1.82) is 0 Å². The molecular weight excluding hydrogens is 268 g/mol. The number of rotatable bonds is 8. The fourth-order valence-corrected chi connectivity index (χ4v) is 2.36. The molecule has 1 aliphatic rings. The highest BCUT2D eigenvalue weighted by molar-refractivity contribution is 5.78. The Hall–Kier alpha value is -1.59. The highest BCUT2D eigenvalue weighted by Gasteiger charge is 2.17. The molecule has 1 heterocycles. The van der Waals surface area contributed by atoms with Gasteiger partial charge in [0.05, 0.1) is 6.61 Å². The van der Waals surface area contributed by atoms with Gasteiger partial charge < -0.3 is 19.7 Å². The second-order valence-electron chi connectivity index (χ2n) is 5.19. The van der Waals surface area contributed by atoms with E-state index in [1.807, 2.05) is 29.2 Å². The molecule has 1 saturated heterocycles. The van der Waals surface area contributed by atoms with E-state index < -0.39 is 0 Å². The summed E-state index contributed by atoms with van der Waals surface area (Å²) in [5.41, 5.74) is 1.14. The number of nitrogens with zero attached hydrogens (tertiary/aromatic N) is 1. The van der Waals surface area contributed by atoms with Gasteiger partial charge in [0.1, 0.15) is 5.75 Å². The van der Waals surface area contributed by atoms with E-state index in [9.17, 15) is 4.79 Å². The smallest absolute Gasteiger partial charge is 0.260 e. The third-order valence-corrected chi connectivity index (χ3v) is 3.53. The molecule has 0 aromatic heterocycles. The van der Waals surface area contributed by atoms with Gasteiger partial charge in [-0.15, -0.1) is 0 Å². The largest absolute Gasteiger partial charge is 0.484 e. The van der Waals surface area contributed by atoms with Gasteiger partial charge in [-0.05, 0) is 30.5 Å². The lowest BCUT2D eigenvalue weighted by atomic mass is 10.2. The molecule has 0 radical (unpaired) electrons. The van der Waals surface area contributed by atoms with Gasteiger partial charge in [-0.3, -0.25) is 4.79 Å². The van der Waals surface area contributed by atoms with Gasteiger partial charge in [0.2, 0.25) is 0 Å². The van der Waals surface area contributed by atoms with E-state index in [1.54, 1.807) is 7.11 Å². The molecule has 1 aliphatic heterocycles. The first kappa shape index (κ1) is 15.8. The van der Waals surface area contributed by atoms with Crippen LogP contribution in [0.15, 0.2) is 24.3 Å². The Morgan fingerprint density at radius 3 is 2.90 bits per heavy atom. The van der Waals surface area contributed by atoms with Crippen LogP contribution in [0.3, 0.4) is 0 Å². The molecule has 116 valence electrons. The molecule has 0 saturated carbocycles. The molecule has 0 atom stereocenters. The van der Waals surface area contributed by atoms with Gasteiger partial charge >= 0.3 is 0 Å². The van der Waals surface area contributed by atoms with Crippen LogP contribution in [0, 0.1) is 0 Å². The minimum absolute atomic E-state index is 0.0797. The van der Waals surface area contributed by atoms with Crippen molar-refractivity contribution in [3.63, 3.8) is 0 Å². The molecule has 1 N–H and O–H groups in total. The molecule has 0 unspecified atom stereocenters. The number of amides is 1. The highest BCUT2D eigenvalue weighted by atomic mass is 16.5. The van der Waals surface area contributed by atoms with Crippen LogP contribution < -0.4 is 10.1 Å². The molecule has 5 nitrogen and oxygen atoms in total. The van der Waals surface area contributed by atoms with E-state index in [1.165, 1.54) is 0 Å². The summed E-state index contributed by atoms with van der Waals surface area (Å²) in [4.78, 5) is 13.8. The highest BCUT2D eigenvalue weighted by Crippen LogP contribution is 2.14. The summed E-state index contributed by atoms with van der Waals surface area (Å²) >= 11 is 0. The van der Waals surface area contributed by atoms with Crippen molar-refractivity contribution in [2.24, 2.45) is 0 Å². The Morgan fingerprint density at radius 2 is 2.14 bits per heavy atom. The van der Waals surface area contributed by atoms with Crippen LogP contribution in [-0.2, 0) is 16.1 Å². The van der Waals surface area contributed by atoms with Gasteiger partial charge in [-0.25, -0.2) is 0 Å². The van der Waals surface area contributed by atoms with Crippen LogP contribution in [0.25, 0.3) is 0 Å². The number of nitrogens with one attached hydrogen (secondary N) is 1. The zero-order valence-electron chi connectivity index (χ0n) is 12.6. The van der Waals surface area contributed by atoms with Crippen molar-refractivity contribution < 1.29 is 14.3 Å². The maximum atomic E-state index is 11.9. The maximum absolute atomic E-state index is 11.9. The summed E-state index contributed by atoms with van der Waals surface area (Å²) in [5, 5.41) is 3.28. The molecular formula is C16H24N2O3. The average molecular weight is 292 g/mol. The average Bonchev–Trinajstić information content (AvgIpc) is 3.04. The van der Waals surface area contributed by atoms with Crippen molar-refractivity contribution in [2.45, 2.75) is 19.4 Å². The SMILES string of the molecule is COCCNCc1cccc(OCC(=O)N2CCCC2)c1. The quantitative estimate of drug-likeness (QED) is 0.736. The molecule has 1 aromatic rings. The van der Waals surface area contributed by atoms with Crippen molar-refractivity contribution in [1.82, 2.24) is 10.2 Å². The number of hydrogen-bond donors (Lipinski definition) is 1. The van der Waals surface area contributed by atoms with Crippen LogP contribution in [0.2, 0.25) is 0 Å². The van der Waals surface area contributed by atoms with Gasteiger partial charge in [0.25, 0.3) is 5.91 Å². The topological polar surface area (TPSA) is 50.8 Å². The Morgan fingerprint density at radius 1 is 1.33 bits per heavy atom. The van der Waals surface area contributed by atoms with Crippen molar-refractivity contribution in [3.05, 3.63) is 29.8 Å². The van der Waals surface area contributed by atoms with E-state index in [-0.39, 0.29) is 12.5 Å². The van der Waals surface area contributed by atoms with E-state index in [0.29, 0.717) is 6.61 Å². The predicted octanol–water partition coefficient (Wildman–Crippen LogP) is 1.42. The summed E-state index contributed by atoms with van der Waals surface area (Å²) in [6.07, 6.45) is 2.21. The zero-order chi connectivity index (χ0) is 14.9. The summed E-state index contributed by atoms with van der Waals surface area (Å²) in [5.74, 6) is 0.824. The van der Waals surface area contributed by atoms with Crippen LogP contribution in [0.4, 0.5) is 0 Å². The van der Waals surface area contributed by atoms with Crippen molar-refractivity contribution >= 4 is 5.91 Å². The molecule has 21 heavy (non-hydrogen) atoms. The zero-order valence-corrected chi connectivity index (χ0v) is 12.6. The standard InChI is InChI=1S/C16H24N2O3/c1-20-10-7-17-12-14-5-4-6-15(11-14)21-13-16(19)18-8-2-3-9-18/h4-6,11,17H,2-3,7-10,12-13H2,1H3. The maximum Gasteiger partial charge on any atom is 0.260 e. The first-order valence-electron chi connectivity index (χ1n) is 7.49. The molecule has 0 bridgehead atoms. The molecule has 1 amide bonds. The third kappa shape index (κ3) is 5.36. The second-order valence-corrected chi connectivity index (χ2v) is 5.19. The fraction of sp³-hybridized carbons (Fsp3) is 0.562. The number of benzene rings is 1. The summed E-state index contributed by atoms with van der Waals surface area (Å²) in [6, 6.07) is 7.84. The minimum atomic E-state index is 0.0797. The number of carbonyl (C=O) groups is 1. The Balaban J connectivity index is 1.76. The van der Waals surface area contributed by atoms with Gasteiger partial charge in [-0.2, -0.15) is 0 Å². The van der Waals surface area contributed by atoms with Crippen LogP contribution >= 0.6 is 0 Å². The Labute approximate surface area is 126 Å². The Bertz CT molecular complexity index is 445. The molecule has 5 heteroatoms. The normalized spacial score (nSPS) is 14.4. The van der Waals surface area contributed by atoms with Gasteiger partial charge in [-0.1, -0.05) is 12.1 Å². The monoisotopic (exact) mass is 292 g/mol. The number of hydrogen-bond acceptors (Lipinski definition) is 4. The van der Waals surface area contributed by atoms with Gasteiger partial charge in [0.15, 0.2) is 6.61 Å². The number of ether oxygens (including phenoxy) is 2. The lowest BCUT2D eigenvalue weighted by Crippen LogP contribution is -2.32. The second kappa shape index (κ2) is 8.64. The Kier molecular flexibility index (Phi) is 6.50. The van der Waals surface area contributed by atoms with E-state index in [4.69, 9.17) is 9.47 Å². The summed E-state index contributed by atoms with van der Waals surface area (Å²) < 4.78 is 10.6. The van der Waals surface area contributed by atoms with E-state index in [0.717, 1.165) is 50.3 Å².